The number of benzene rings is 2. The van der Waals surface area contributed by atoms with Gasteiger partial charge in [-0.15, -0.1) is 5.10 Å². The van der Waals surface area contributed by atoms with Crippen LogP contribution in [0.3, 0.4) is 0 Å². The summed E-state index contributed by atoms with van der Waals surface area (Å²) in [4.78, 5) is 0. The van der Waals surface area contributed by atoms with Crippen molar-refractivity contribution in [3.63, 3.8) is 0 Å². The first-order valence-corrected chi connectivity index (χ1v) is 12.9. The van der Waals surface area contributed by atoms with Crippen LogP contribution in [-0.2, 0) is 23.1 Å². The van der Waals surface area contributed by atoms with E-state index in [1.807, 2.05) is 24.3 Å². The van der Waals surface area contributed by atoms with E-state index in [0.29, 0.717) is 22.2 Å². The third-order valence-electron chi connectivity index (χ3n) is 6.05. The number of aryl methyl sites for hydroxylation is 1. The molecule has 1 atom stereocenters. The maximum atomic E-state index is 13.3. The summed E-state index contributed by atoms with van der Waals surface area (Å²) in [5.41, 5.74) is -2.40. The predicted octanol–water partition coefficient (Wildman–Crippen LogP) is 5.50. The Morgan fingerprint density at radius 2 is 1.63 bits per heavy atom. The summed E-state index contributed by atoms with van der Waals surface area (Å²) < 4.78 is 66.8. The van der Waals surface area contributed by atoms with Crippen molar-refractivity contribution >= 4 is 10.0 Å². The van der Waals surface area contributed by atoms with Crippen LogP contribution in [0.4, 0.5) is 13.2 Å². The van der Waals surface area contributed by atoms with Crippen molar-refractivity contribution in [3.8, 4) is 22.5 Å². The summed E-state index contributed by atoms with van der Waals surface area (Å²) in [7, 11) is -5.48. The van der Waals surface area contributed by atoms with E-state index in [-0.39, 0.29) is 12.5 Å². The van der Waals surface area contributed by atoms with Crippen molar-refractivity contribution in [3.05, 3.63) is 54.1 Å². The van der Waals surface area contributed by atoms with E-state index in [0.717, 1.165) is 29.5 Å². The Morgan fingerprint density at radius 1 is 1.00 bits per heavy atom. The summed E-state index contributed by atoms with van der Waals surface area (Å²) in [6.45, 7) is 7.27. The number of hydrogen-bond acceptors (Lipinski definition) is 5. The largest absolute Gasteiger partial charge is 0.511 e. The summed E-state index contributed by atoms with van der Waals surface area (Å²) in [5.74, 6) is 0.336. The molecule has 3 aromatic rings. The average Bonchev–Trinajstić information content (AvgIpc) is 3.28. The molecule has 0 radical (unpaired) electrons. The molecule has 0 bridgehead atoms. The molecule has 0 spiro atoms. The Labute approximate surface area is 204 Å². The van der Waals surface area contributed by atoms with Crippen LogP contribution in [0.5, 0.6) is 0 Å². The smallest absolute Gasteiger partial charge is 0.225 e. The molecule has 3 rings (SSSR count). The molecular formula is C24H30F3N5O2S. The van der Waals surface area contributed by atoms with Crippen LogP contribution in [-0.4, -0.2) is 44.5 Å². The molecule has 0 aliphatic heterocycles. The summed E-state index contributed by atoms with van der Waals surface area (Å²) >= 11 is 0. The quantitative estimate of drug-likeness (QED) is 0.360. The zero-order valence-electron chi connectivity index (χ0n) is 20.2. The highest BCUT2D eigenvalue weighted by atomic mass is 32.2. The molecule has 0 unspecified atom stereocenters. The van der Waals surface area contributed by atoms with Crippen molar-refractivity contribution in [2.45, 2.75) is 65.2 Å². The van der Waals surface area contributed by atoms with E-state index in [1.165, 1.54) is 6.92 Å². The topological polar surface area (TPSA) is 81.0 Å². The number of rotatable bonds is 10. The lowest BCUT2D eigenvalue weighted by Gasteiger charge is -2.31. The van der Waals surface area contributed by atoms with Gasteiger partial charge in [0.25, 0.3) is 0 Å². The van der Waals surface area contributed by atoms with Crippen molar-refractivity contribution in [2.75, 3.05) is 0 Å². The highest BCUT2D eigenvalue weighted by Gasteiger charge is 2.51. The number of sulfonamides is 1. The van der Waals surface area contributed by atoms with E-state index < -0.39 is 21.6 Å². The molecule has 0 fully saturated rings. The molecule has 1 heterocycles. The third kappa shape index (κ3) is 5.90. The molecule has 0 saturated heterocycles. The van der Waals surface area contributed by atoms with Gasteiger partial charge in [-0.1, -0.05) is 75.7 Å². The van der Waals surface area contributed by atoms with Gasteiger partial charge in [-0.25, -0.2) is 13.1 Å². The lowest BCUT2D eigenvalue weighted by Crippen LogP contribution is -2.46. The van der Waals surface area contributed by atoms with Gasteiger partial charge >= 0.3 is 15.5 Å². The van der Waals surface area contributed by atoms with E-state index >= 15 is 0 Å². The van der Waals surface area contributed by atoms with Crippen LogP contribution in [0.2, 0.25) is 0 Å². The van der Waals surface area contributed by atoms with Gasteiger partial charge in [-0.05, 0) is 46.4 Å². The van der Waals surface area contributed by atoms with Crippen LogP contribution < -0.4 is 0 Å². The first-order chi connectivity index (χ1) is 16.5. The van der Waals surface area contributed by atoms with Gasteiger partial charge in [0.2, 0.25) is 0 Å². The zero-order chi connectivity index (χ0) is 25.8. The molecule has 2 aromatic carbocycles. The van der Waals surface area contributed by atoms with Crippen LogP contribution >= 0.6 is 0 Å². The average molecular weight is 510 g/mol. The van der Waals surface area contributed by atoms with Crippen molar-refractivity contribution in [1.29, 1.82) is 0 Å². The third-order valence-corrected chi connectivity index (χ3v) is 7.71. The minimum absolute atomic E-state index is 0.294. The second-order valence-electron chi connectivity index (χ2n) is 8.80. The zero-order valence-corrected chi connectivity index (χ0v) is 21.0. The van der Waals surface area contributed by atoms with Gasteiger partial charge in [0.1, 0.15) is 0 Å². The normalized spacial score (nSPS) is 13.5. The Bertz CT molecular complexity index is 1220. The van der Waals surface area contributed by atoms with Gasteiger partial charge in [-0.2, -0.15) is 17.5 Å². The summed E-state index contributed by atoms with van der Waals surface area (Å²) in [5, 5.41) is 12.1. The number of halogens is 3. The summed E-state index contributed by atoms with van der Waals surface area (Å²) in [6.07, 6.45) is 1.93. The second-order valence-corrected chi connectivity index (χ2v) is 10.7. The predicted molar refractivity (Wildman–Crippen MR) is 128 cm³/mol. The number of aromatic nitrogens is 4. The molecular weight excluding hydrogens is 479 g/mol. The Balaban J connectivity index is 1.93. The van der Waals surface area contributed by atoms with Gasteiger partial charge < -0.3 is 0 Å². The fourth-order valence-corrected chi connectivity index (χ4v) is 4.94. The van der Waals surface area contributed by atoms with E-state index in [9.17, 15) is 21.6 Å². The lowest BCUT2D eigenvalue weighted by molar-refractivity contribution is -0.0507. The minimum atomic E-state index is -5.48. The molecule has 0 aliphatic rings. The Kier molecular flexibility index (Phi) is 8.32. The van der Waals surface area contributed by atoms with Gasteiger partial charge in [-0.3, -0.25) is 0 Å². The maximum absolute atomic E-state index is 13.3. The highest BCUT2D eigenvalue weighted by molar-refractivity contribution is 7.90. The molecule has 11 heteroatoms. The fraction of sp³-hybridized carbons (Fsp3) is 0.458. The van der Waals surface area contributed by atoms with Crippen LogP contribution in [0.1, 0.15) is 46.1 Å². The van der Waals surface area contributed by atoms with E-state index in [4.69, 9.17) is 0 Å². The molecule has 190 valence electrons. The van der Waals surface area contributed by atoms with Gasteiger partial charge in [0, 0.05) is 24.7 Å². The van der Waals surface area contributed by atoms with Gasteiger partial charge in [0.15, 0.2) is 5.82 Å². The van der Waals surface area contributed by atoms with E-state index in [2.05, 4.69) is 22.4 Å². The second kappa shape index (κ2) is 10.9. The van der Waals surface area contributed by atoms with Crippen molar-refractivity contribution in [1.82, 2.24) is 24.5 Å². The molecule has 0 amide bonds. The molecule has 0 N–H and O–H groups in total. The molecule has 1 aromatic heterocycles. The van der Waals surface area contributed by atoms with Crippen molar-refractivity contribution in [2.24, 2.45) is 5.92 Å². The number of nitrogens with zero attached hydrogens (tertiary/aromatic N) is 5. The van der Waals surface area contributed by atoms with Gasteiger partial charge in [0.05, 0.1) is 0 Å². The molecule has 7 nitrogen and oxygen atoms in total. The van der Waals surface area contributed by atoms with E-state index in [1.54, 1.807) is 42.8 Å². The molecule has 35 heavy (non-hydrogen) atoms. The number of unbranched alkanes of at least 4 members (excludes halogenated alkanes) is 1. The first-order valence-electron chi connectivity index (χ1n) is 11.5. The highest BCUT2D eigenvalue weighted by Crippen LogP contribution is 2.33. The van der Waals surface area contributed by atoms with Crippen LogP contribution in [0, 0.1) is 5.92 Å². The first kappa shape index (κ1) is 26.8. The molecule has 0 aliphatic carbocycles. The SMILES string of the molecule is CCCCn1nnnc1-c1ccccc1-c1ccc(CN([C@@H](C)C(C)C)S(=O)(=O)C(F)(F)F)cc1. The number of alkyl halides is 3. The lowest BCUT2D eigenvalue weighted by atomic mass is 9.98. The standard InChI is InChI=1S/C24H30F3N5O2S/c1-5-6-15-31-23(28-29-30-31)22-10-8-7-9-21(22)20-13-11-19(12-14-20)16-32(18(4)17(2)3)35(33,34)24(25,26)27/h7-14,17-18H,5-6,15-16H2,1-4H3/t18-/m0/s1. The van der Waals surface area contributed by atoms with Crippen LogP contribution in [0.25, 0.3) is 22.5 Å². The fourth-order valence-electron chi connectivity index (χ4n) is 3.67. The minimum Gasteiger partial charge on any atom is -0.225 e. The number of hydrogen-bond donors (Lipinski definition) is 0. The Hall–Kier alpha value is -2.79. The molecule has 0 saturated carbocycles. The van der Waals surface area contributed by atoms with Crippen LogP contribution in [0.15, 0.2) is 48.5 Å². The Morgan fingerprint density at radius 3 is 2.20 bits per heavy atom. The maximum Gasteiger partial charge on any atom is 0.511 e. The monoisotopic (exact) mass is 509 g/mol. The van der Waals surface area contributed by atoms with Crippen molar-refractivity contribution < 1.29 is 21.6 Å². The number of tetrazole rings is 1. The summed E-state index contributed by atoms with van der Waals surface area (Å²) in [6, 6.07) is 13.6.